The van der Waals surface area contributed by atoms with E-state index in [1.807, 2.05) is 54.6 Å². The molecule has 0 aliphatic carbocycles. The van der Waals surface area contributed by atoms with Crippen LogP contribution in [0, 0.1) is 5.92 Å². The molecule has 0 saturated carbocycles. The van der Waals surface area contributed by atoms with Crippen LogP contribution in [0.1, 0.15) is 23.3 Å². The predicted octanol–water partition coefficient (Wildman–Crippen LogP) is 4.10. The zero-order valence-electron chi connectivity index (χ0n) is 13.3. The Morgan fingerprint density at radius 2 is 1.60 bits per heavy atom. The molecule has 1 saturated heterocycles. The van der Waals surface area contributed by atoms with Gasteiger partial charge >= 0.3 is 5.97 Å². The molecule has 2 aliphatic heterocycles. The summed E-state index contributed by atoms with van der Waals surface area (Å²) in [6.45, 7) is 0. The van der Waals surface area contributed by atoms with Crippen LogP contribution in [0.2, 0.25) is 0 Å². The number of carbonyl (C=O) groups excluding carboxylic acids is 1. The average molecular weight is 329 g/mol. The van der Waals surface area contributed by atoms with Crippen molar-refractivity contribution in [1.29, 1.82) is 0 Å². The van der Waals surface area contributed by atoms with Gasteiger partial charge in [-0.2, -0.15) is 0 Å². The lowest BCUT2D eigenvalue weighted by Gasteiger charge is -2.42. The maximum Gasteiger partial charge on any atom is 0.317 e. The van der Waals surface area contributed by atoms with E-state index in [1.165, 1.54) is 0 Å². The van der Waals surface area contributed by atoms with Crippen molar-refractivity contribution in [3.05, 3.63) is 84.2 Å². The number of nitrogens with zero attached hydrogens (tertiary/aromatic N) is 1. The highest BCUT2D eigenvalue weighted by Gasteiger charge is 2.51. The number of aromatic nitrogens is 1. The second-order valence-electron chi connectivity index (χ2n) is 6.29. The van der Waals surface area contributed by atoms with E-state index in [-0.39, 0.29) is 24.1 Å². The molecule has 2 aliphatic rings. The second-order valence-corrected chi connectivity index (χ2v) is 6.29. The number of fused-ring (bicyclic) bond motifs is 3. The highest BCUT2D eigenvalue weighted by Crippen LogP contribution is 2.51. The summed E-state index contributed by atoms with van der Waals surface area (Å²) >= 11 is 0. The Bertz CT molecular complexity index is 954. The van der Waals surface area contributed by atoms with Crippen LogP contribution in [0.5, 0.6) is 5.75 Å². The van der Waals surface area contributed by atoms with Gasteiger partial charge in [0.1, 0.15) is 23.9 Å². The molecule has 0 radical (unpaired) electrons. The van der Waals surface area contributed by atoms with Crippen molar-refractivity contribution in [1.82, 2.24) is 4.98 Å². The fourth-order valence-corrected chi connectivity index (χ4v) is 3.68. The third-order valence-electron chi connectivity index (χ3n) is 4.88. The van der Waals surface area contributed by atoms with E-state index in [0.29, 0.717) is 0 Å². The Morgan fingerprint density at radius 3 is 2.40 bits per heavy atom. The minimum absolute atomic E-state index is 0.229. The molecule has 1 fully saturated rings. The summed E-state index contributed by atoms with van der Waals surface area (Å²) in [7, 11) is 0. The topological polar surface area (TPSA) is 48.4 Å². The van der Waals surface area contributed by atoms with Gasteiger partial charge in [-0.25, -0.2) is 0 Å². The van der Waals surface area contributed by atoms with Crippen LogP contribution in [0.4, 0.5) is 0 Å². The minimum atomic E-state index is -0.376. The molecule has 0 amide bonds. The second kappa shape index (κ2) is 5.45. The zero-order valence-corrected chi connectivity index (χ0v) is 13.3. The number of ether oxygens (including phenoxy) is 2. The smallest absolute Gasteiger partial charge is 0.317 e. The lowest BCUT2D eigenvalue weighted by Crippen LogP contribution is -2.44. The first-order valence-electron chi connectivity index (χ1n) is 8.28. The number of carbonyl (C=O) groups is 1. The van der Waals surface area contributed by atoms with Gasteiger partial charge in [0.15, 0.2) is 0 Å². The van der Waals surface area contributed by atoms with Gasteiger partial charge in [0, 0.05) is 29.1 Å². The van der Waals surface area contributed by atoms with Crippen molar-refractivity contribution in [2.45, 2.75) is 12.2 Å². The molecule has 5 rings (SSSR count). The fourth-order valence-electron chi connectivity index (χ4n) is 3.68. The van der Waals surface area contributed by atoms with E-state index < -0.39 is 0 Å². The summed E-state index contributed by atoms with van der Waals surface area (Å²) in [6, 6.07) is 19.8. The van der Waals surface area contributed by atoms with E-state index >= 15 is 0 Å². The summed E-state index contributed by atoms with van der Waals surface area (Å²) in [4.78, 5) is 16.5. The van der Waals surface area contributed by atoms with E-state index in [4.69, 9.17) is 9.47 Å². The largest absolute Gasteiger partial charge is 0.484 e. The molecule has 3 heterocycles. The van der Waals surface area contributed by atoms with Crippen LogP contribution in [0.15, 0.2) is 73.1 Å². The third-order valence-corrected chi connectivity index (χ3v) is 4.88. The molecule has 2 aromatic carbocycles. The van der Waals surface area contributed by atoms with Gasteiger partial charge in [-0.3, -0.25) is 9.78 Å². The first-order valence-corrected chi connectivity index (χ1v) is 8.28. The summed E-state index contributed by atoms with van der Waals surface area (Å²) in [5.74, 6) is 0.197. The van der Waals surface area contributed by atoms with Crippen molar-refractivity contribution >= 4 is 5.97 Å². The molecule has 3 atom stereocenters. The molecule has 0 N–H and O–H groups in total. The molecular weight excluding hydrogens is 314 g/mol. The molecule has 3 aromatic rings. The molecule has 4 heteroatoms. The highest BCUT2D eigenvalue weighted by atomic mass is 16.6. The Labute approximate surface area is 145 Å². The Balaban J connectivity index is 1.60. The first-order chi connectivity index (χ1) is 12.3. The van der Waals surface area contributed by atoms with E-state index in [9.17, 15) is 4.79 Å². The van der Waals surface area contributed by atoms with Crippen molar-refractivity contribution in [2.75, 3.05) is 0 Å². The van der Waals surface area contributed by atoms with Crippen LogP contribution in [-0.2, 0) is 9.53 Å². The van der Waals surface area contributed by atoms with E-state index in [0.717, 1.165) is 28.0 Å². The van der Waals surface area contributed by atoms with Gasteiger partial charge in [0.05, 0.1) is 0 Å². The number of hydrogen-bond donors (Lipinski definition) is 0. The van der Waals surface area contributed by atoms with Crippen LogP contribution in [0.3, 0.4) is 0 Å². The Hall–Kier alpha value is -3.14. The molecule has 1 aromatic heterocycles. The number of cyclic esters (lactones) is 1. The summed E-state index contributed by atoms with van der Waals surface area (Å²) in [5, 5.41) is 0. The van der Waals surface area contributed by atoms with Gasteiger partial charge in [-0.1, -0.05) is 48.5 Å². The number of esters is 1. The average Bonchev–Trinajstić information content (AvgIpc) is 2.67. The molecule has 4 nitrogen and oxygen atoms in total. The quantitative estimate of drug-likeness (QED) is 0.664. The monoisotopic (exact) mass is 329 g/mol. The minimum Gasteiger partial charge on any atom is -0.484 e. The lowest BCUT2D eigenvalue weighted by molar-refractivity contribution is -0.196. The molecule has 25 heavy (non-hydrogen) atoms. The Kier molecular flexibility index (Phi) is 3.10. The van der Waals surface area contributed by atoms with E-state index in [1.54, 1.807) is 12.4 Å². The summed E-state index contributed by atoms with van der Waals surface area (Å²) in [5.41, 5.74) is 4.09. The summed E-state index contributed by atoms with van der Waals surface area (Å²) < 4.78 is 11.7. The van der Waals surface area contributed by atoms with Gasteiger partial charge in [0.25, 0.3) is 0 Å². The normalized spacial score (nSPS) is 23.5. The summed E-state index contributed by atoms with van der Waals surface area (Å²) in [6.07, 6.45) is 2.76. The predicted molar refractivity (Wildman–Crippen MR) is 91.8 cm³/mol. The third kappa shape index (κ3) is 2.14. The standard InChI is InChI=1S/C21H15NO3/c23-21-18(19(25-21)13-6-5-11-22-12-13)20-16-9-2-1-7-14(16)15-8-3-4-10-17(15)24-20/h1-12,18-20H. The molecule has 3 unspecified atom stereocenters. The number of rotatable bonds is 2. The zero-order chi connectivity index (χ0) is 16.8. The highest BCUT2D eigenvalue weighted by molar-refractivity contribution is 5.83. The Morgan fingerprint density at radius 1 is 0.800 bits per heavy atom. The van der Waals surface area contributed by atoms with E-state index in [2.05, 4.69) is 11.1 Å². The van der Waals surface area contributed by atoms with Crippen molar-refractivity contribution in [3.63, 3.8) is 0 Å². The number of pyridine rings is 1. The number of hydrogen-bond acceptors (Lipinski definition) is 4. The number of benzene rings is 2. The van der Waals surface area contributed by atoms with Crippen molar-refractivity contribution in [2.24, 2.45) is 5.92 Å². The molecule has 0 spiro atoms. The van der Waals surface area contributed by atoms with Crippen LogP contribution in [0.25, 0.3) is 11.1 Å². The molecule has 0 bridgehead atoms. The molecular formula is C21H15NO3. The van der Waals surface area contributed by atoms with Gasteiger partial charge in [-0.15, -0.1) is 0 Å². The van der Waals surface area contributed by atoms with Gasteiger partial charge < -0.3 is 9.47 Å². The maximum absolute atomic E-state index is 12.3. The van der Waals surface area contributed by atoms with Crippen molar-refractivity contribution < 1.29 is 14.3 Å². The van der Waals surface area contributed by atoms with Crippen LogP contribution in [-0.4, -0.2) is 11.0 Å². The van der Waals surface area contributed by atoms with Crippen molar-refractivity contribution in [3.8, 4) is 16.9 Å². The lowest BCUT2D eigenvalue weighted by atomic mass is 9.80. The van der Waals surface area contributed by atoms with Gasteiger partial charge in [0.2, 0.25) is 0 Å². The van der Waals surface area contributed by atoms with Crippen LogP contribution < -0.4 is 4.74 Å². The number of para-hydroxylation sites is 1. The SMILES string of the molecule is O=C1OC(c2cccnc2)C1C1Oc2ccccc2-c2ccccc21. The van der Waals surface area contributed by atoms with Gasteiger partial charge in [-0.05, 0) is 17.7 Å². The first kappa shape index (κ1) is 14.2. The van der Waals surface area contributed by atoms with Crippen LogP contribution >= 0.6 is 0 Å². The molecule has 122 valence electrons. The maximum atomic E-state index is 12.3. The fraction of sp³-hybridized carbons (Fsp3) is 0.143.